The number of hydrogen-bond donors (Lipinski definition) is 1. The smallest absolute Gasteiger partial charge is 0.252 e. The molecule has 0 bridgehead atoms. The van der Waals surface area contributed by atoms with Crippen LogP contribution in [0.3, 0.4) is 0 Å². The lowest BCUT2D eigenvalue weighted by Gasteiger charge is -2.07. The van der Waals surface area contributed by atoms with Crippen molar-refractivity contribution in [1.29, 1.82) is 0 Å². The molecule has 88 valence electrons. The molecule has 2 aromatic heterocycles. The van der Waals surface area contributed by atoms with E-state index in [0.717, 1.165) is 5.56 Å². The summed E-state index contributed by atoms with van der Waals surface area (Å²) in [5.74, 6) is 0.454. The quantitative estimate of drug-likeness (QED) is 0.901. The first-order valence-electron chi connectivity index (χ1n) is 5.09. The second-order valence-corrected chi connectivity index (χ2v) is 4.15. The van der Waals surface area contributed by atoms with Gasteiger partial charge in [-0.3, -0.25) is 4.79 Å². The van der Waals surface area contributed by atoms with Gasteiger partial charge in [0.05, 0.1) is 7.11 Å². The fourth-order valence-electron chi connectivity index (χ4n) is 1.41. The summed E-state index contributed by atoms with van der Waals surface area (Å²) in [5, 5.41) is 6.51. The predicted molar refractivity (Wildman–Crippen MR) is 66.3 cm³/mol. The number of pyridine rings is 1. The molecule has 2 rings (SSSR count). The van der Waals surface area contributed by atoms with Crippen LogP contribution in [0.1, 0.15) is 15.9 Å². The number of rotatable bonds is 4. The van der Waals surface area contributed by atoms with Crippen molar-refractivity contribution in [2.75, 3.05) is 7.11 Å². The summed E-state index contributed by atoms with van der Waals surface area (Å²) in [7, 11) is 1.56. The number of amides is 1. The standard InChI is InChI=1S/C12H12N2O2S/c1-16-12-9(3-2-5-13-12)7-14-11(15)10-4-6-17-8-10/h2-6,8H,7H2,1H3,(H,14,15). The van der Waals surface area contributed by atoms with Gasteiger partial charge in [0.1, 0.15) is 0 Å². The first-order chi connectivity index (χ1) is 8.31. The molecule has 1 amide bonds. The zero-order valence-corrected chi connectivity index (χ0v) is 10.2. The molecular formula is C12H12N2O2S. The highest BCUT2D eigenvalue weighted by molar-refractivity contribution is 7.08. The van der Waals surface area contributed by atoms with E-state index in [2.05, 4.69) is 10.3 Å². The summed E-state index contributed by atoms with van der Waals surface area (Å²) >= 11 is 1.50. The van der Waals surface area contributed by atoms with Crippen LogP contribution in [0.15, 0.2) is 35.2 Å². The summed E-state index contributed by atoms with van der Waals surface area (Å²) in [4.78, 5) is 15.8. The number of hydrogen-bond acceptors (Lipinski definition) is 4. The molecule has 0 saturated heterocycles. The minimum absolute atomic E-state index is 0.0860. The summed E-state index contributed by atoms with van der Waals surface area (Å²) in [6.45, 7) is 0.408. The molecule has 2 aromatic rings. The average molecular weight is 248 g/mol. The zero-order chi connectivity index (χ0) is 12.1. The summed E-state index contributed by atoms with van der Waals surface area (Å²) in [6.07, 6.45) is 1.66. The fraction of sp³-hybridized carbons (Fsp3) is 0.167. The van der Waals surface area contributed by atoms with Gasteiger partial charge in [-0.2, -0.15) is 11.3 Å². The molecule has 5 heteroatoms. The van der Waals surface area contributed by atoms with Crippen LogP contribution in [0.4, 0.5) is 0 Å². The summed E-state index contributed by atoms with van der Waals surface area (Å²) in [6, 6.07) is 5.48. The third kappa shape index (κ3) is 2.82. The van der Waals surface area contributed by atoms with Gasteiger partial charge < -0.3 is 10.1 Å². The van der Waals surface area contributed by atoms with Crippen molar-refractivity contribution in [1.82, 2.24) is 10.3 Å². The van der Waals surface area contributed by atoms with Gasteiger partial charge in [-0.15, -0.1) is 0 Å². The molecule has 0 aliphatic carbocycles. The molecule has 4 nitrogen and oxygen atoms in total. The van der Waals surface area contributed by atoms with Crippen molar-refractivity contribution in [3.8, 4) is 5.88 Å². The van der Waals surface area contributed by atoms with Gasteiger partial charge in [0.25, 0.3) is 5.91 Å². The maximum absolute atomic E-state index is 11.7. The highest BCUT2D eigenvalue weighted by Crippen LogP contribution is 2.13. The first-order valence-corrected chi connectivity index (χ1v) is 6.04. The van der Waals surface area contributed by atoms with Gasteiger partial charge in [0, 0.05) is 29.2 Å². The van der Waals surface area contributed by atoms with E-state index in [1.54, 1.807) is 19.4 Å². The Bertz CT molecular complexity index is 497. The molecule has 0 aliphatic rings. The fourth-order valence-corrected chi connectivity index (χ4v) is 2.05. The Kier molecular flexibility index (Phi) is 3.72. The second-order valence-electron chi connectivity index (χ2n) is 3.37. The molecule has 0 atom stereocenters. The van der Waals surface area contributed by atoms with Crippen LogP contribution in [0, 0.1) is 0 Å². The second kappa shape index (κ2) is 5.45. The van der Waals surface area contributed by atoms with Crippen molar-refractivity contribution < 1.29 is 9.53 Å². The third-order valence-electron chi connectivity index (χ3n) is 2.27. The Morgan fingerprint density at radius 1 is 1.53 bits per heavy atom. The van der Waals surface area contributed by atoms with Gasteiger partial charge in [-0.05, 0) is 17.5 Å². The number of methoxy groups -OCH3 is 1. The topological polar surface area (TPSA) is 51.2 Å². The lowest BCUT2D eigenvalue weighted by Crippen LogP contribution is -2.22. The number of nitrogens with one attached hydrogen (secondary N) is 1. The third-order valence-corrected chi connectivity index (χ3v) is 2.95. The minimum atomic E-state index is -0.0860. The van der Waals surface area contributed by atoms with Crippen molar-refractivity contribution in [2.45, 2.75) is 6.54 Å². The molecule has 0 unspecified atom stereocenters. The molecule has 17 heavy (non-hydrogen) atoms. The number of carbonyl (C=O) groups is 1. The zero-order valence-electron chi connectivity index (χ0n) is 9.34. The van der Waals surface area contributed by atoms with Crippen molar-refractivity contribution in [3.63, 3.8) is 0 Å². The number of thiophene rings is 1. The Labute approximate surface area is 103 Å². The number of carbonyl (C=O) groups excluding carboxylic acids is 1. The summed E-state index contributed by atoms with van der Waals surface area (Å²) in [5.41, 5.74) is 1.54. The Hall–Kier alpha value is -1.88. The van der Waals surface area contributed by atoms with Crippen LogP contribution < -0.4 is 10.1 Å². The van der Waals surface area contributed by atoms with Crippen LogP contribution in [-0.4, -0.2) is 18.0 Å². The van der Waals surface area contributed by atoms with E-state index in [1.165, 1.54) is 11.3 Å². The normalized spacial score (nSPS) is 9.94. The van der Waals surface area contributed by atoms with Crippen LogP contribution >= 0.6 is 11.3 Å². The van der Waals surface area contributed by atoms with Crippen molar-refractivity contribution in [3.05, 3.63) is 46.3 Å². The number of ether oxygens (including phenoxy) is 1. The maximum Gasteiger partial charge on any atom is 0.252 e. The molecule has 2 heterocycles. The van der Waals surface area contributed by atoms with E-state index >= 15 is 0 Å². The molecule has 0 saturated carbocycles. The molecule has 0 fully saturated rings. The average Bonchev–Trinajstić information content (AvgIpc) is 2.90. The van der Waals surface area contributed by atoms with E-state index in [4.69, 9.17) is 4.74 Å². The van der Waals surface area contributed by atoms with Crippen LogP contribution in [0.2, 0.25) is 0 Å². The van der Waals surface area contributed by atoms with Gasteiger partial charge in [-0.25, -0.2) is 4.98 Å². The molecule has 1 N–H and O–H groups in total. The highest BCUT2D eigenvalue weighted by Gasteiger charge is 2.07. The largest absolute Gasteiger partial charge is 0.481 e. The van der Waals surface area contributed by atoms with Gasteiger partial charge in [0.2, 0.25) is 5.88 Å². The molecule has 0 radical (unpaired) electrons. The van der Waals surface area contributed by atoms with E-state index in [0.29, 0.717) is 18.0 Å². The monoisotopic (exact) mass is 248 g/mol. The van der Waals surface area contributed by atoms with Crippen LogP contribution in [-0.2, 0) is 6.54 Å². The molecule has 0 spiro atoms. The maximum atomic E-state index is 11.7. The van der Waals surface area contributed by atoms with Gasteiger partial charge >= 0.3 is 0 Å². The summed E-state index contributed by atoms with van der Waals surface area (Å²) < 4.78 is 5.11. The van der Waals surface area contributed by atoms with E-state index in [-0.39, 0.29) is 5.91 Å². The molecular weight excluding hydrogens is 236 g/mol. The molecule has 0 aromatic carbocycles. The lowest BCUT2D eigenvalue weighted by atomic mass is 10.2. The lowest BCUT2D eigenvalue weighted by molar-refractivity contribution is 0.0951. The SMILES string of the molecule is COc1ncccc1CNC(=O)c1ccsc1. The van der Waals surface area contributed by atoms with Crippen LogP contribution in [0.25, 0.3) is 0 Å². The molecule has 0 aliphatic heterocycles. The number of aromatic nitrogens is 1. The van der Waals surface area contributed by atoms with Gasteiger partial charge in [-0.1, -0.05) is 6.07 Å². The van der Waals surface area contributed by atoms with E-state index in [9.17, 15) is 4.79 Å². The van der Waals surface area contributed by atoms with Crippen molar-refractivity contribution >= 4 is 17.2 Å². The van der Waals surface area contributed by atoms with Gasteiger partial charge in [0.15, 0.2) is 0 Å². The highest BCUT2D eigenvalue weighted by atomic mass is 32.1. The van der Waals surface area contributed by atoms with Crippen molar-refractivity contribution in [2.24, 2.45) is 0 Å². The Balaban J connectivity index is 2.00. The Morgan fingerprint density at radius 3 is 3.12 bits per heavy atom. The van der Waals surface area contributed by atoms with Crippen LogP contribution in [0.5, 0.6) is 5.88 Å². The Morgan fingerprint density at radius 2 is 2.41 bits per heavy atom. The van der Waals surface area contributed by atoms with E-state index in [1.807, 2.05) is 22.9 Å². The predicted octanol–water partition coefficient (Wildman–Crippen LogP) is 2.08. The van der Waals surface area contributed by atoms with E-state index < -0.39 is 0 Å². The number of nitrogens with zero attached hydrogens (tertiary/aromatic N) is 1. The minimum Gasteiger partial charge on any atom is -0.481 e. The first kappa shape index (κ1) is 11.6.